The molecule has 0 bridgehead atoms. The van der Waals surface area contributed by atoms with Gasteiger partial charge in [-0.2, -0.15) is 0 Å². The van der Waals surface area contributed by atoms with Crippen LogP contribution in [0, 0.1) is 13.8 Å². The molecule has 1 atom stereocenters. The van der Waals surface area contributed by atoms with E-state index in [0.29, 0.717) is 5.56 Å². The van der Waals surface area contributed by atoms with Crippen LogP contribution in [0.1, 0.15) is 40.0 Å². The normalized spacial score (nSPS) is 11.8. The molecule has 25 heavy (non-hydrogen) atoms. The highest BCUT2D eigenvalue weighted by Crippen LogP contribution is 2.19. The van der Waals surface area contributed by atoms with E-state index < -0.39 is 0 Å². The summed E-state index contributed by atoms with van der Waals surface area (Å²) >= 11 is 0. The van der Waals surface area contributed by atoms with E-state index in [-0.39, 0.29) is 11.9 Å². The first-order valence-corrected chi connectivity index (χ1v) is 8.14. The Morgan fingerprint density at radius 3 is 2.44 bits per heavy atom. The van der Waals surface area contributed by atoms with Gasteiger partial charge < -0.3 is 5.32 Å². The predicted molar refractivity (Wildman–Crippen MR) is 97.1 cm³/mol. The van der Waals surface area contributed by atoms with Gasteiger partial charge in [0.2, 0.25) is 0 Å². The molecule has 0 aliphatic heterocycles. The summed E-state index contributed by atoms with van der Waals surface area (Å²) in [6.07, 6.45) is 6.43. The lowest BCUT2D eigenvalue weighted by molar-refractivity contribution is 0.0939. The smallest absolute Gasteiger partial charge is 0.253 e. The third kappa shape index (κ3) is 3.88. The average molecular weight is 332 g/mol. The number of carbonyl (C=O) groups excluding carboxylic acids is 1. The molecule has 0 aliphatic rings. The molecule has 1 aromatic carbocycles. The lowest BCUT2D eigenvalue weighted by Crippen LogP contribution is -2.27. The van der Waals surface area contributed by atoms with Crippen molar-refractivity contribution in [3.8, 4) is 11.3 Å². The van der Waals surface area contributed by atoms with Crippen LogP contribution in [-0.2, 0) is 0 Å². The van der Waals surface area contributed by atoms with E-state index in [2.05, 4.69) is 52.3 Å². The topological polar surface area (TPSA) is 67.8 Å². The largest absolute Gasteiger partial charge is 0.345 e. The number of rotatable bonds is 4. The number of pyridine rings is 1. The minimum atomic E-state index is -0.143. The molecule has 1 amide bonds. The summed E-state index contributed by atoms with van der Waals surface area (Å²) in [5, 5.41) is 3.03. The van der Waals surface area contributed by atoms with Crippen molar-refractivity contribution in [3.05, 3.63) is 77.5 Å². The number of benzene rings is 1. The van der Waals surface area contributed by atoms with Gasteiger partial charge in [0.15, 0.2) is 0 Å². The lowest BCUT2D eigenvalue weighted by atomic mass is 10.00. The fourth-order valence-electron chi connectivity index (χ4n) is 2.80. The first-order chi connectivity index (χ1) is 12.0. The standard InChI is InChI=1S/C20H20N4O/c1-13-4-6-18(14(2)8-13)15(3)24-20(25)16-5-7-19(23-11-16)17-9-21-12-22-10-17/h4-12,15H,1-3H3,(H,24,25). The predicted octanol–water partition coefficient (Wildman–Crippen LogP) is 3.65. The Bertz CT molecular complexity index is 876. The quantitative estimate of drug-likeness (QED) is 0.792. The molecule has 0 saturated heterocycles. The van der Waals surface area contributed by atoms with Gasteiger partial charge in [0.05, 0.1) is 17.3 Å². The molecule has 2 heterocycles. The molecule has 0 aliphatic carbocycles. The van der Waals surface area contributed by atoms with Gasteiger partial charge in [-0.25, -0.2) is 9.97 Å². The highest BCUT2D eigenvalue weighted by molar-refractivity contribution is 5.94. The van der Waals surface area contributed by atoms with E-state index in [1.807, 2.05) is 6.92 Å². The molecule has 2 aromatic heterocycles. The van der Waals surface area contributed by atoms with Gasteiger partial charge in [-0.05, 0) is 44.0 Å². The van der Waals surface area contributed by atoms with Crippen molar-refractivity contribution < 1.29 is 4.79 Å². The van der Waals surface area contributed by atoms with Crippen molar-refractivity contribution >= 4 is 5.91 Å². The van der Waals surface area contributed by atoms with E-state index in [1.165, 1.54) is 17.5 Å². The van der Waals surface area contributed by atoms with Crippen molar-refractivity contribution in [2.75, 3.05) is 0 Å². The minimum absolute atomic E-state index is 0.0738. The maximum absolute atomic E-state index is 12.5. The summed E-state index contributed by atoms with van der Waals surface area (Å²) in [6, 6.07) is 9.73. The number of amides is 1. The third-order valence-corrected chi connectivity index (χ3v) is 4.12. The number of aryl methyl sites for hydroxylation is 2. The monoisotopic (exact) mass is 332 g/mol. The molecule has 5 heteroatoms. The molecule has 3 aromatic rings. The Kier molecular flexibility index (Phi) is 4.84. The van der Waals surface area contributed by atoms with Gasteiger partial charge in [0.25, 0.3) is 5.91 Å². The van der Waals surface area contributed by atoms with E-state index in [0.717, 1.165) is 16.8 Å². The van der Waals surface area contributed by atoms with Gasteiger partial charge in [-0.1, -0.05) is 23.8 Å². The van der Waals surface area contributed by atoms with Crippen molar-refractivity contribution in [2.24, 2.45) is 0 Å². The number of carbonyl (C=O) groups is 1. The van der Waals surface area contributed by atoms with Gasteiger partial charge in [-0.3, -0.25) is 9.78 Å². The van der Waals surface area contributed by atoms with Crippen LogP contribution < -0.4 is 5.32 Å². The SMILES string of the molecule is Cc1ccc(C(C)NC(=O)c2ccc(-c3cncnc3)nc2)c(C)c1. The molecule has 0 saturated carbocycles. The average Bonchev–Trinajstić information content (AvgIpc) is 2.62. The van der Waals surface area contributed by atoms with E-state index >= 15 is 0 Å². The maximum atomic E-state index is 12.5. The lowest BCUT2D eigenvalue weighted by Gasteiger charge is -2.17. The van der Waals surface area contributed by atoms with E-state index in [1.54, 1.807) is 30.7 Å². The van der Waals surface area contributed by atoms with E-state index in [4.69, 9.17) is 0 Å². The minimum Gasteiger partial charge on any atom is -0.345 e. The Labute approximate surface area is 147 Å². The summed E-state index contributed by atoms with van der Waals surface area (Å²) in [6.45, 7) is 6.10. The summed E-state index contributed by atoms with van der Waals surface area (Å²) in [4.78, 5) is 24.8. The molecular formula is C20H20N4O. The molecule has 1 unspecified atom stereocenters. The third-order valence-electron chi connectivity index (χ3n) is 4.12. The van der Waals surface area contributed by atoms with Crippen LogP contribution in [0.4, 0.5) is 0 Å². The van der Waals surface area contributed by atoms with Crippen LogP contribution in [0.3, 0.4) is 0 Å². The Morgan fingerprint density at radius 2 is 1.80 bits per heavy atom. The highest BCUT2D eigenvalue weighted by Gasteiger charge is 2.14. The second kappa shape index (κ2) is 7.21. The summed E-state index contributed by atoms with van der Waals surface area (Å²) in [5.74, 6) is -0.143. The Balaban J connectivity index is 1.73. The zero-order valence-corrected chi connectivity index (χ0v) is 14.5. The second-order valence-electron chi connectivity index (χ2n) is 6.11. The summed E-state index contributed by atoms with van der Waals surface area (Å²) in [5.41, 5.74) is 5.58. The van der Waals surface area contributed by atoms with Gasteiger partial charge in [-0.15, -0.1) is 0 Å². The molecule has 126 valence electrons. The first-order valence-electron chi connectivity index (χ1n) is 8.14. The number of hydrogen-bond donors (Lipinski definition) is 1. The number of aromatic nitrogens is 3. The van der Waals surface area contributed by atoms with Gasteiger partial charge in [0, 0.05) is 24.2 Å². The molecule has 5 nitrogen and oxygen atoms in total. The van der Waals surface area contributed by atoms with Gasteiger partial charge in [0.1, 0.15) is 6.33 Å². The molecule has 0 fully saturated rings. The molecule has 3 rings (SSSR count). The van der Waals surface area contributed by atoms with Gasteiger partial charge >= 0.3 is 0 Å². The Hall–Kier alpha value is -3.08. The van der Waals surface area contributed by atoms with Crippen molar-refractivity contribution in [1.29, 1.82) is 0 Å². The molecular weight excluding hydrogens is 312 g/mol. The number of nitrogens with zero attached hydrogens (tertiary/aromatic N) is 3. The zero-order valence-electron chi connectivity index (χ0n) is 14.5. The fourth-order valence-corrected chi connectivity index (χ4v) is 2.80. The fraction of sp³-hybridized carbons (Fsp3) is 0.200. The summed E-state index contributed by atoms with van der Waals surface area (Å²) in [7, 11) is 0. The second-order valence-corrected chi connectivity index (χ2v) is 6.11. The van der Waals surface area contributed by atoms with Crippen molar-refractivity contribution in [2.45, 2.75) is 26.8 Å². The van der Waals surface area contributed by atoms with Crippen LogP contribution in [0.25, 0.3) is 11.3 Å². The van der Waals surface area contributed by atoms with Crippen LogP contribution in [0.2, 0.25) is 0 Å². The maximum Gasteiger partial charge on any atom is 0.253 e. The molecule has 0 spiro atoms. The zero-order chi connectivity index (χ0) is 17.8. The Morgan fingerprint density at radius 1 is 1.04 bits per heavy atom. The van der Waals surface area contributed by atoms with Crippen LogP contribution in [0.15, 0.2) is 55.2 Å². The molecule has 1 N–H and O–H groups in total. The van der Waals surface area contributed by atoms with Crippen LogP contribution in [-0.4, -0.2) is 20.9 Å². The van der Waals surface area contributed by atoms with Crippen molar-refractivity contribution in [3.63, 3.8) is 0 Å². The van der Waals surface area contributed by atoms with Crippen molar-refractivity contribution in [1.82, 2.24) is 20.3 Å². The first kappa shape index (κ1) is 16.8. The molecule has 0 radical (unpaired) electrons. The van der Waals surface area contributed by atoms with Crippen LogP contribution >= 0.6 is 0 Å². The number of nitrogens with one attached hydrogen (secondary N) is 1. The van der Waals surface area contributed by atoms with E-state index in [9.17, 15) is 4.79 Å². The number of hydrogen-bond acceptors (Lipinski definition) is 4. The summed E-state index contributed by atoms with van der Waals surface area (Å²) < 4.78 is 0. The highest BCUT2D eigenvalue weighted by atomic mass is 16.1. The van der Waals surface area contributed by atoms with Crippen LogP contribution in [0.5, 0.6) is 0 Å².